The Morgan fingerprint density at radius 2 is 2.00 bits per heavy atom. The Morgan fingerprint density at radius 1 is 1.32 bits per heavy atom. The van der Waals surface area contributed by atoms with Gasteiger partial charge < -0.3 is 10.2 Å². The van der Waals surface area contributed by atoms with E-state index in [0.29, 0.717) is 6.42 Å². The summed E-state index contributed by atoms with van der Waals surface area (Å²) in [4.78, 5) is 23.5. The third-order valence-electron chi connectivity index (χ3n) is 5.65. The summed E-state index contributed by atoms with van der Waals surface area (Å²) in [6.07, 6.45) is 4.60. The molecule has 2 aliphatic rings. The highest BCUT2D eigenvalue weighted by atomic mass is 16.4. The van der Waals surface area contributed by atoms with Crippen molar-refractivity contribution in [1.29, 1.82) is 0 Å². The van der Waals surface area contributed by atoms with Crippen LogP contribution in [0.3, 0.4) is 0 Å². The summed E-state index contributed by atoms with van der Waals surface area (Å²) < 4.78 is 0. The summed E-state index contributed by atoms with van der Waals surface area (Å²) in [7, 11) is 0. The van der Waals surface area contributed by atoms with E-state index in [2.05, 4.69) is 6.92 Å². The van der Waals surface area contributed by atoms with Crippen molar-refractivity contribution >= 4 is 17.8 Å². The van der Waals surface area contributed by atoms with Crippen molar-refractivity contribution in [1.82, 2.24) is 0 Å². The summed E-state index contributed by atoms with van der Waals surface area (Å²) >= 11 is 0. The fourth-order valence-electron chi connectivity index (χ4n) is 4.20. The average Bonchev–Trinajstić information content (AvgIpc) is 2.56. The molecule has 4 nitrogen and oxygen atoms in total. The second kappa shape index (κ2) is 6.60. The van der Waals surface area contributed by atoms with Crippen molar-refractivity contribution in [3.8, 4) is 0 Å². The average molecular weight is 340 g/mol. The van der Waals surface area contributed by atoms with E-state index >= 15 is 0 Å². The highest BCUT2D eigenvalue weighted by Gasteiger charge is 2.45. The summed E-state index contributed by atoms with van der Waals surface area (Å²) in [5.74, 6) is -0.794. The molecule has 25 heavy (non-hydrogen) atoms. The first-order chi connectivity index (χ1) is 11.8. The van der Waals surface area contributed by atoms with Crippen LogP contribution in [0, 0.1) is 5.41 Å². The van der Waals surface area contributed by atoms with Gasteiger partial charge in [0.15, 0.2) is 5.78 Å². The lowest BCUT2D eigenvalue weighted by Gasteiger charge is -2.45. The van der Waals surface area contributed by atoms with Gasteiger partial charge in [-0.3, -0.25) is 9.59 Å². The lowest BCUT2D eigenvalue weighted by atomic mass is 9.61. The molecule has 2 atom stereocenters. The number of benzene rings is 1. The quantitative estimate of drug-likeness (QED) is 0.826. The van der Waals surface area contributed by atoms with Gasteiger partial charge >= 0.3 is 5.97 Å². The third kappa shape index (κ3) is 3.31. The number of ketones is 1. The molecule has 0 aliphatic heterocycles. The van der Waals surface area contributed by atoms with E-state index in [4.69, 9.17) is 5.11 Å². The molecule has 1 fully saturated rings. The number of hydrogen-bond acceptors (Lipinski definition) is 3. The van der Waals surface area contributed by atoms with Crippen LogP contribution < -0.4 is 0 Å². The van der Waals surface area contributed by atoms with Gasteiger partial charge in [0.1, 0.15) is 0 Å². The summed E-state index contributed by atoms with van der Waals surface area (Å²) in [6, 6.07) is 7.23. The zero-order valence-corrected chi connectivity index (χ0v) is 14.7. The second-order valence-electron chi connectivity index (χ2n) is 7.42. The van der Waals surface area contributed by atoms with E-state index < -0.39 is 12.1 Å². The Hall–Kier alpha value is -2.20. The number of fused-ring (bicyclic) bond motifs is 1. The van der Waals surface area contributed by atoms with Crippen molar-refractivity contribution in [2.24, 2.45) is 5.41 Å². The number of hydrogen-bond donors (Lipinski definition) is 2. The monoisotopic (exact) mass is 340 g/mol. The van der Waals surface area contributed by atoms with E-state index in [1.807, 2.05) is 25.1 Å². The minimum absolute atomic E-state index is 0.00868. The van der Waals surface area contributed by atoms with Crippen LogP contribution in [0.1, 0.15) is 50.7 Å². The van der Waals surface area contributed by atoms with Crippen LogP contribution in [0.25, 0.3) is 6.08 Å². The molecule has 3 rings (SSSR count). The summed E-state index contributed by atoms with van der Waals surface area (Å²) in [5, 5.41) is 19.4. The van der Waals surface area contributed by atoms with Crippen molar-refractivity contribution in [2.75, 3.05) is 0 Å². The van der Waals surface area contributed by atoms with Gasteiger partial charge in [-0.15, -0.1) is 0 Å². The maximum absolute atomic E-state index is 12.8. The molecule has 1 aromatic rings. The number of carboxylic acids is 1. The van der Waals surface area contributed by atoms with Crippen LogP contribution in [0.5, 0.6) is 0 Å². The molecular weight excluding hydrogens is 316 g/mol. The molecule has 1 aromatic carbocycles. The molecule has 4 heteroatoms. The zero-order chi connectivity index (χ0) is 18.2. The Balaban J connectivity index is 1.92. The van der Waals surface area contributed by atoms with Crippen LogP contribution >= 0.6 is 0 Å². The predicted octanol–water partition coefficient (Wildman–Crippen LogP) is 3.54. The van der Waals surface area contributed by atoms with Crippen molar-refractivity contribution in [3.05, 3.63) is 52.1 Å². The van der Waals surface area contributed by atoms with Gasteiger partial charge in [-0.05, 0) is 55.4 Å². The Labute approximate surface area is 147 Å². The molecular formula is C21H24O4. The first-order valence-electron chi connectivity index (χ1n) is 8.75. The number of aliphatic carboxylic acids is 1. The second-order valence-corrected chi connectivity index (χ2v) is 7.42. The fraction of sp³-hybridized carbons (Fsp3) is 0.429. The van der Waals surface area contributed by atoms with Crippen molar-refractivity contribution < 1.29 is 19.8 Å². The molecule has 0 radical (unpaired) electrons. The highest BCUT2D eigenvalue weighted by molar-refractivity contribution is 6.12. The molecule has 0 saturated heterocycles. The molecule has 1 saturated carbocycles. The normalized spacial score (nSPS) is 28.2. The van der Waals surface area contributed by atoms with E-state index in [1.165, 1.54) is 0 Å². The number of Topliss-reactive ketones (excluding diaryl/α,β-unsaturated/α-hetero) is 1. The number of carbonyl (C=O) groups excluding carboxylic acids is 1. The molecule has 2 N–H and O–H groups in total. The maximum Gasteiger partial charge on any atom is 0.307 e. The summed E-state index contributed by atoms with van der Waals surface area (Å²) in [6.45, 7) is 3.93. The van der Waals surface area contributed by atoms with E-state index in [1.54, 1.807) is 12.1 Å². The summed E-state index contributed by atoms with van der Waals surface area (Å²) in [5.41, 5.74) is 3.87. The van der Waals surface area contributed by atoms with Gasteiger partial charge in [-0.2, -0.15) is 0 Å². The standard InChI is InChI=1S/C21H24O4/c1-13-17-4-3-5-18(22)21(17,2)12-16(20(13)25)10-14-6-8-15(9-7-14)11-19(23)24/h6-10,18,22H,3-5,11-12H2,1-2H3,(H,23,24)/t18-,21-/m0/s1. The van der Waals surface area contributed by atoms with Crippen molar-refractivity contribution in [2.45, 2.75) is 52.1 Å². The van der Waals surface area contributed by atoms with Crippen LogP contribution in [0.15, 0.2) is 41.0 Å². The van der Waals surface area contributed by atoms with Gasteiger partial charge in [0.25, 0.3) is 0 Å². The third-order valence-corrected chi connectivity index (χ3v) is 5.65. The molecule has 2 aliphatic carbocycles. The predicted molar refractivity (Wildman–Crippen MR) is 96.0 cm³/mol. The van der Waals surface area contributed by atoms with E-state index in [-0.39, 0.29) is 17.6 Å². The maximum atomic E-state index is 12.8. The van der Waals surface area contributed by atoms with Crippen LogP contribution in [-0.4, -0.2) is 28.1 Å². The number of aliphatic hydroxyl groups is 1. The molecule has 0 heterocycles. The number of carboxylic acid groups (broad SMARTS) is 1. The lowest BCUT2D eigenvalue weighted by Crippen LogP contribution is -2.42. The first kappa shape index (κ1) is 17.6. The Morgan fingerprint density at radius 3 is 2.64 bits per heavy atom. The molecule has 0 unspecified atom stereocenters. The smallest absolute Gasteiger partial charge is 0.307 e. The zero-order valence-electron chi connectivity index (χ0n) is 14.7. The van der Waals surface area contributed by atoms with Gasteiger partial charge in [0.05, 0.1) is 12.5 Å². The van der Waals surface area contributed by atoms with Gasteiger partial charge in [-0.25, -0.2) is 0 Å². The molecule has 0 aromatic heterocycles. The van der Waals surface area contributed by atoms with Gasteiger partial charge in [0, 0.05) is 11.0 Å². The number of aliphatic hydroxyl groups excluding tert-OH is 1. The SMILES string of the molecule is CC1=C2CCC[C@H](O)[C@@]2(C)CC(=Cc2ccc(CC(=O)O)cc2)C1=O. The first-order valence-corrected chi connectivity index (χ1v) is 8.75. The minimum atomic E-state index is -0.860. The minimum Gasteiger partial charge on any atom is -0.481 e. The van der Waals surface area contributed by atoms with Crippen LogP contribution in [-0.2, 0) is 16.0 Å². The van der Waals surface area contributed by atoms with Crippen LogP contribution in [0.4, 0.5) is 0 Å². The molecule has 0 bridgehead atoms. The Kier molecular flexibility index (Phi) is 4.65. The lowest BCUT2D eigenvalue weighted by molar-refractivity contribution is -0.136. The molecule has 132 valence electrons. The van der Waals surface area contributed by atoms with Gasteiger partial charge in [0.2, 0.25) is 0 Å². The fourth-order valence-corrected chi connectivity index (χ4v) is 4.20. The molecule has 0 spiro atoms. The van der Waals surface area contributed by atoms with E-state index in [9.17, 15) is 14.7 Å². The largest absolute Gasteiger partial charge is 0.481 e. The number of allylic oxidation sites excluding steroid dienone is 2. The number of rotatable bonds is 3. The highest BCUT2D eigenvalue weighted by Crippen LogP contribution is 2.50. The van der Waals surface area contributed by atoms with Crippen molar-refractivity contribution in [3.63, 3.8) is 0 Å². The van der Waals surface area contributed by atoms with E-state index in [0.717, 1.165) is 47.1 Å². The topological polar surface area (TPSA) is 74.6 Å². The van der Waals surface area contributed by atoms with Crippen LogP contribution in [0.2, 0.25) is 0 Å². The van der Waals surface area contributed by atoms with Gasteiger partial charge in [-0.1, -0.05) is 36.8 Å². The molecule has 0 amide bonds. The Bertz CT molecular complexity index is 770. The number of carbonyl (C=O) groups is 2.